The van der Waals surface area contributed by atoms with E-state index in [4.69, 9.17) is 23.8 Å². The number of halogens is 2. The third-order valence-electron chi connectivity index (χ3n) is 2.73. The van der Waals surface area contributed by atoms with Gasteiger partial charge in [0.05, 0.1) is 11.0 Å². The van der Waals surface area contributed by atoms with Crippen LogP contribution in [-0.2, 0) is 0 Å². The lowest BCUT2D eigenvalue weighted by Crippen LogP contribution is -1.93. The standard InChI is InChI=1S/C13H8ClFN2S/c14-8-1-6-12-11(7-8)16-13(18)17(12)10-4-2-9(15)3-5-10/h1-7H,(H,16,18). The minimum atomic E-state index is -0.270. The summed E-state index contributed by atoms with van der Waals surface area (Å²) in [5.41, 5.74) is 2.59. The molecule has 0 saturated carbocycles. The Labute approximate surface area is 113 Å². The van der Waals surface area contributed by atoms with Crippen molar-refractivity contribution in [3.8, 4) is 5.69 Å². The van der Waals surface area contributed by atoms with Gasteiger partial charge in [-0.3, -0.25) is 4.57 Å². The number of aromatic amines is 1. The molecule has 0 saturated heterocycles. The molecule has 1 N–H and O–H groups in total. The molecule has 18 heavy (non-hydrogen) atoms. The Morgan fingerprint density at radius 2 is 1.83 bits per heavy atom. The van der Waals surface area contributed by atoms with Crippen molar-refractivity contribution in [1.29, 1.82) is 0 Å². The zero-order chi connectivity index (χ0) is 12.7. The fourth-order valence-corrected chi connectivity index (χ4v) is 2.42. The van der Waals surface area contributed by atoms with Crippen LogP contribution in [0.2, 0.25) is 5.02 Å². The Kier molecular flexibility index (Phi) is 2.69. The normalized spacial score (nSPS) is 11.0. The van der Waals surface area contributed by atoms with Crippen LogP contribution >= 0.6 is 23.8 Å². The lowest BCUT2D eigenvalue weighted by molar-refractivity contribution is 0.627. The molecule has 2 aromatic carbocycles. The number of H-pyrrole nitrogens is 1. The molecule has 90 valence electrons. The Morgan fingerprint density at radius 3 is 2.56 bits per heavy atom. The van der Waals surface area contributed by atoms with Gasteiger partial charge in [0.15, 0.2) is 4.77 Å². The first-order valence-corrected chi connectivity index (χ1v) is 6.10. The first kappa shape index (κ1) is 11.4. The molecule has 2 nitrogen and oxygen atoms in total. The summed E-state index contributed by atoms with van der Waals surface area (Å²) in [7, 11) is 0. The minimum absolute atomic E-state index is 0.270. The van der Waals surface area contributed by atoms with Gasteiger partial charge in [0.1, 0.15) is 5.82 Å². The Bertz CT molecular complexity index is 774. The van der Waals surface area contributed by atoms with Crippen LogP contribution in [0.4, 0.5) is 4.39 Å². The van der Waals surface area contributed by atoms with E-state index in [-0.39, 0.29) is 5.82 Å². The number of aromatic nitrogens is 2. The number of fused-ring (bicyclic) bond motifs is 1. The molecule has 0 fully saturated rings. The molecule has 5 heteroatoms. The molecule has 1 aromatic heterocycles. The molecule has 0 radical (unpaired) electrons. The van der Waals surface area contributed by atoms with Crippen molar-refractivity contribution in [3.63, 3.8) is 0 Å². The summed E-state index contributed by atoms with van der Waals surface area (Å²) < 4.78 is 15.3. The molecular formula is C13H8ClFN2S. The number of imidazole rings is 1. The second-order valence-corrected chi connectivity index (χ2v) is 4.73. The molecule has 1 heterocycles. The maximum absolute atomic E-state index is 12.9. The molecule has 0 bridgehead atoms. The SMILES string of the molecule is Fc1ccc(-n2c(=S)[nH]c3cc(Cl)ccc32)cc1. The molecule has 0 atom stereocenters. The Hall–Kier alpha value is -1.65. The van der Waals surface area contributed by atoms with Gasteiger partial charge in [-0.1, -0.05) is 11.6 Å². The number of rotatable bonds is 1. The van der Waals surface area contributed by atoms with Crippen LogP contribution in [-0.4, -0.2) is 9.55 Å². The number of nitrogens with one attached hydrogen (secondary N) is 1. The summed E-state index contributed by atoms with van der Waals surface area (Å²) in [4.78, 5) is 3.08. The third kappa shape index (κ3) is 1.83. The zero-order valence-corrected chi connectivity index (χ0v) is 10.7. The van der Waals surface area contributed by atoms with Crippen LogP contribution in [0, 0.1) is 10.6 Å². The summed E-state index contributed by atoms with van der Waals surface area (Å²) >= 11 is 11.2. The van der Waals surface area contributed by atoms with E-state index in [2.05, 4.69) is 4.98 Å². The fraction of sp³-hybridized carbons (Fsp3) is 0. The van der Waals surface area contributed by atoms with E-state index in [0.29, 0.717) is 9.79 Å². The van der Waals surface area contributed by atoms with E-state index in [0.717, 1.165) is 16.7 Å². The number of nitrogens with zero attached hydrogens (tertiary/aromatic N) is 1. The first-order valence-electron chi connectivity index (χ1n) is 5.31. The average Bonchev–Trinajstić information content (AvgIpc) is 2.65. The fourth-order valence-electron chi connectivity index (χ4n) is 1.93. The topological polar surface area (TPSA) is 20.7 Å². The molecule has 0 spiro atoms. The molecule has 0 unspecified atom stereocenters. The van der Waals surface area contributed by atoms with Gasteiger partial charge >= 0.3 is 0 Å². The second-order valence-electron chi connectivity index (χ2n) is 3.90. The van der Waals surface area contributed by atoms with Crippen LogP contribution in [0.1, 0.15) is 0 Å². The number of hydrogen-bond acceptors (Lipinski definition) is 1. The first-order chi connectivity index (χ1) is 8.65. The van der Waals surface area contributed by atoms with Crippen LogP contribution in [0.25, 0.3) is 16.7 Å². The van der Waals surface area contributed by atoms with Gasteiger partial charge in [0, 0.05) is 10.7 Å². The van der Waals surface area contributed by atoms with Crippen LogP contribution in [0.3, 0.4) is 0 Å². The average molecular weight is 279 g/mol. The summed E-state index contributed by atoms with van der Waals surface area (Å²) in [5, 5.41) is 0.644. The van der Waals surface area contributed by atoms with Gasteiger partial charge in [0.25, 0.3) is 0 Å². The van der Waals surface area contributed by atoms with E-state index < -0.39 is 0 Å². The van der Waals surface area contributed by atoms with Gasteiger partial charge in [-0.05, 0) is 54.7 Å². The predicted octanol–water partition coefficient (Wildman–Crippen LogP) is 4.48. The van der Waals surface area contributed by atoms with E-state index in [1.807, 2.05) is 16.7 Å². The number of hydrogen-bond donors (Lipinski definition) is 1. The van der Waals surface area contributed by atoms with Crippen molar-refractivity contribution < 1.29 is 4.39 Å². The van der Waals surface area contributed by atoms with E-state index >= 15 is 0 Å². The highest BCUT2D eigenvalue weighted by Crippen LogP contribution is 2.22. The summed E-state index contributed by atoms with van der Waals surface area (Å²) in [5.74, 6) is -0.270. The Morgan fingerprint density at radius 1 is 1.11 bits per heavy atom. The van der Waals surface area contributed by atoms with Crippen LogP contribution in [0.5, 0.6) is 0 Å². The van der Waals surface area contributed by atoms with Crippen molar-refractivity contribution in [3.05, 3.63) is 58.1 Å². The van der Waals surface area contributed by atoms with E-state index in [1.165, 1.54) is 12.1 Å². The maximum Gasteiger partial charge on any atom is 0.182 e. The quantitative estimate of drug-likeness (QED) is 0.651. The van der Waals surface area contributed by atoms with Crippen LogP contribution in [0.15, 0.2) is 42.5 Å². The van der Waals surface area contributed by atoms with Gasteiger partial charge in [0.2, 0.25) is 0 Å². The van der Waals surface area contributed by atoms with Gasteiger partial charge < -0.3 is 4.98 Å². The third-order valence-corrected chi connectivity index (χ3v) is 3.25. The minimum Gasteiger partial charge on any atom is -0.330 e. The van der Waals surface area contributed by atoms with Crippen molar-refractivity contribution in [2.24, 2.45) is 0 Å². The molecule has 0 amide bonds. The predicted molar refractivity (Wildman–Crippen MR) is 73.4 cm³/mol. The highest BCUT2D eigenvalue weighted by Gasteiger charge is 2.06. The van der Waals surface area contributed by atoms with E-state index in [9.17, 15) is 4.39 Å². The molecule has 0 aliphatic carbocycles. The van der Waals surface area contributed by atoms with Crippen molar-refractivity contribution in [2.45, 2.75) is 0 Å². The van der Waals surface area contributed by atoms with Gasteiger partial charge in [-0.15, -0.1) is 0 Å². The zero-order valence-electron chi connectivity index (χ0n) is 9.15. The molecule has 3 rings (SSSR count). The smallest absolute Gasteiger partial charge is 0.182 e. The highest BCUT2D eigenvalue weighted by molar-refractivity contribution is 7.71. The van der Waals surface area contributed by atoms with Crippen molar-refractivity contribution >= 4 is 34.9 Å². The van der Waals surface area contributed by atoms with Gasteiger partial charge in [-0.2, -0.15) is 0 Å². The number of benzene rings is 2. The maximum atomic E-state index is 12.9. The largest absolute Gasteiger partial charge is 0.330 e. The molecule has 3 aromatic rings. The molecule has 0 aliphatic heterocycles. The summed E-state index contributed by atoms with van der Waals surface area (Å²) in [6, 6.07) is 11.7. The lowest BCUT2D eigenvalue weighted by Gasteiger charge is -2.04. The van der Waals surface area contributed by atoms with Gasteiger partial charge in [-0.25, -0.2) is 4.39 Å². The summed E-state index contributed by atoms with van der Waals surface area (Å²) in [6.07, 6.45) is 0. The molecular weight excluding hydrogens is 271 g/mol. The van der Waals surface area contributed by atoms with Crippen molar-refractivity contribution in [2.75, 3.05) is 0 Å². The van der Waals surface area contributed by atoms with E-state index in [1.54, 1.807) is 18.2 Å². The second kappa shape index (κ2) is 4.23. The molecule has 0 aliphatic rings. The Balaban J connectivity index is 2.32. The highest BCUT2D eigenvalue weighted by atomic mass is 35.5. The van der Waals surface area contributed by atoms with Crippen LogP contribution < -0.4 is 0 Å². The lowest BCUT2D eigenvalue weighted by atomic mass is 10.3. The van der Waals surface area contributed by atoms with Crippen molar-refractivity contribution in [1.82, 2.24) is 9.55 Å². The monoisotopic (exact) mass is 278 g/mol. The summed E-state index contributed by atoms with van der Waals surface area (Å²) in [6.45, 7) is 0.